The van der Waals surface area contributed by atoms with Gasteiger partial charge in [0.05, 0.1) is 0 Å². The fourth-order valence-corrected chi connectivity index (χ4v) is 1.51. The summed E-state index contributed by atoms with van der Waals surface area (Å²) in [5, 5.41) is 6.79. The zero-order valence-electron chi connectivity index (χ0n) is 9.83. The molecule has 0 saturated carbocycles. The van der Waals surface area contributed by atoms with Crippen LogP contribution in [0.2, 0.25) is 0 Å². The number of rotatable bonds is 4. The minimum absolute atomic E-state index is 0.298. The van der Waals surface area contributed by atoms with Gasteiger partial charge >= 0.3 is 6.01 Å². The van der Waals surface area contributed by atoms with Crippen molar-refractivity contribution >= 4 is 6.01 Å². The zero-order chi connectivity index (χ0) is 12.3. The molecule has 4 nitrogen and oxygen atoms in total. The fourth-order valence-electron chi connectivity index (χ4n) is 1.51. The first-order valence-electron chi connectivity index (χ1n) is 5.54. The van der Waals surface area contributed by atoms with Gasteiger partial charge in [-0.3, -0.25) is 0 Å². The molecule has 0 atom stereocenters. The van der Waals surface area contributed by atoms with Crippen LogP contribution in [0.4, 0.5) is 10.4 Å². The normalized spacial score (nSPS) is 10.5. The van der Waals surface area contributed by atoms with E-state index in [-0.39, 0.29) is 5.82 Å². The molecule has 1 heterocycles. The third-order valence-corrected chi connectivity index (χ3v) is 2.25. The molecule has 0 bridgehead atoms. The van der Waals surface area contributed by atoms with E-state index < -0.39 is 0 Å². The van der Waals surface area contributed by atoms with Gasteiger partial charge in [0, 0.05) is 12.1 Å². The molecule has 0 saturated heterocycles. The molecule has 1 aromatic carbocycles. The summed E-state index contributed by atoms with van der Waals surface area (Å²) in [6, 6.07) is 5.03. The second kappa shape index (κ2) is 4.95. The molecule has 90 valence electrons. The Balaban J connectivity index is 2.24. The maximum atomic E-state index is 13.2. The first-order valence-corrected chi connectivity index (χ1v) is 5.54. The summed E-state index contributed by atoms with van der Waals surface area (Å²) in [6.07, 6.45) is 0.969. The van der Waals surface area contributed by atoms with Crippen LogP contribution in [0.3, 0.4) is 0 Å². The zero-order valence-corrected chi connectivity index (χ0v) is 9.83. The molecule has 2 aromatic rings. The Morgan fingerprint density at radius 2 is 2.18 bits per heavy atom. The largest absolute Gasteiger partial charge is 0.338 e. The summed E-state index contributed by atoms with van der Waals surface area (Å²) in [5.74, 6) is 0.0964. The fraction of sp³-hybridized carbons (Fsp3) is 0.333. The molecule has 0 radical (unpaired) electrons. The number of hydrogen-bond acceptors (Lipinski definition) is 4. The summed E-state index contributed by atoms with van der Waals surface area (Å²) in [5.41, 5.74) is 1.45. The summed E-state index contributed by atoms with van der Waals surface area (Å²) < 4.78 is 18.2. The number of benzene rings is 1. The van der Waals surface area contributed by atoms with E-state index in [4.69, 9.17) is 4.52 Å². The van der Waals surface area contributed by atoms with Gasteiger partial charge in [-0.1, -0.05) is 12.1 Å². The Bertz CT molecular complexity index is 490. The third kappa shape index (κ3) is 2.81. The SMILES string of the molecule is CCCNc1nc(-c2cc(C)cc(F)c2)no1. The van der Waals surface area contributed by atoms with Crippen LogP contribution in [-0.4, -0.2) is 16.7 Å². The summed E-state index contributed by atoms with van der Waals surface area (Å²) in [7, 11) is 0. The first kappa shape index (κ1) is 11.6. The third-order valence-electron chi connectivity index (χ3n) is 2.25. The molecular formula is C12H14FN3O. The minimum atomic E-state index is -0.298. The van der Waals surface area contributed by atoms with Crippen LogP contribution < -0.4 is 5.32 Å². The standard InChI is InChI=1S/C12H14FN3O/c1-3-4-14-12-15-11(16-17-12)9-5-8(2)6-10(13)7-9/h5-7H,3-4H2,1-2H3,(H,14,15,16). The van der Waals surface area contributed by atoms with E-state index in [0.717, 1.165) is 18.5 Å². The number of nitrogens with zero attached hydrogens (tertiary/aromatic N) is 2. The molecule has 2 rings (SSSR count). The van der Waals surface area contributed by atoms with Crippen LogP contribution in [-0.2, 0) is 0 Å². The van der Waals surface area contributed by atoms with Gasteiger partial charge < -0.3 is 9.84 Å². The van der Waals surface area contributed by atoms with E-state index >= 15 is 0 Å². The van der Waals surface area contributed by atoms with E-state index in [1.807, 2.05) is 19.9 Å². The molecule has 5 heteroatoms. The maximum absolute atomic E-state index is 13.2. The van der Waals surface area contributed by atoms with Crippen LogP contribution in [0.5, 0.6) is 0 Å². The molecule has 0 unspecified atom stereocenters. The van der Waals surface area contributed by atoms with Gasteiger partial charge in [0.25, 0.3) is 0 Å². The maximum Gasteiger partial charge on any atom is 0.321 e. The van der Waals surface area contributed by atoms with Crippen molar-refractivity contribution < 1.29 is 8.91 Å². The predicted molar refractivity (Wildman–Crippen MR) is 63.2 cm³/mol. The van der Waals surface area contributed by atoms with E-state index in [9.17, 15) is 4.39 Å². The topological polar surface area (TPSA) is 51.0 Å². The molecule has 17 heavy (non-hydrogen) atoms. The second-order valence-corrected chi connectivity index (χ2v) is 3.87. The quantitative estimate of drug-likeness (QED) is 0.885. The van der Waals surface area contributed by atoms with Gasteiger partial charge in [-0.05, 0) is 37.1 Å². The monoisotopic (exact) mass is 235 g/mol. The van der Waals surface area contributed by atoms with Crippen molar-refractivity contribution in [3.05, 3.63) is 29.6 Å². The molecule has 1 N–H and O–H groups in total. The Morgan fingerprint density at radius 3 is 2.88 bits per heavy atom. The Kier molecular flexibility index (Phi) is 3.37. The molecule has 0 spiro atoms. The van der Waals surface area contributed by atoms with E-state index in [2.05, 4.69) is 15.5 Å². The Morgan fingerprint density at radius 1 is 1.35 bits per heavy atom. The molecule has 0 aliphatic heterocycles. The highest BCUT2D eigenvalue weighted by Crippen LogP contribution is 2.20. The Hall–Kier alpha value is -1.91. The lowest BCUT2D eigenvalue weighted by atomic mass is 10.1. The van der Waals surface area contributed by atoms with Crippen molar-refractivity contribution in [1.29, 1.82) is 0 Å². The van der Waals surface area contributed by atoms with E-state index in [0.29, 0.717) is 17.4 Å². The van der Waals surface area contributed by atoms with Crippen LogP contribution in [0.25, 0.3) is 11.4 Å². The highest BCUT2D eigenvalue weighted by atomic mass is 19.1. The van der Waals surface area contributed by atoms with Gasteiger partial charge in [-0.25, -0.2) is 4.39 Å². The van der Waals surface area contributed by atoms with Gasteiger partial charge in [-0.2, -0.15) is 4.98 Å². The molecule has 0 amide bonds. The average Bonchev–Trinajstić information content (AvgIpc) is 2.73. The number of aryl methyl sites for hydroxylation is 1. The van der Waals surface area contributed by atoms with Crippen LogP contribution in [0.15, 0.2) is 22.7 Å². The van der Waals surface area contributed by atoms with Crippen molar-refractivity contribution in [2.45, 2.75) is 20.3 Å². The first-order chi connectivity index (χ1) is 8.19. The van der Waals surface area contributed by atoms with Crippen molar-refractivity contribution in [3.63, 3.8) is 0 Å². The molecule has 0 fully saturated rings. The number of nitrogens with one attached hydrogen (secondary N) is 1. The number of halogens is 1. The van der Waals surface area contributed by atoms with Crippen molar-refractivity contribution in [2.24, 2.45) is 0 Å². The number of anilines is 1. The summed E-state index contributed by atoms with van der Waals surface area (Å²) >= 11 is 0. The highest BCUT2D eigenvalue weighted by molar-refractivity contribution is 5.56. The predicted octanol–water partition coefficient (Wildman–Crippen LogP) is 3.01. The molecular weight excluding hydrogens is 221 g/mol. The van der Waals surface area contributed by atoms with Gasteiger partial charge in [0.1, 0.15) is 5.82 Å². The van der Waals surface area contributed by atoms with Gasteiger partial charge in [0.15, 0.2) is 0 Å². The van der Waals surface area contributed by atoms with Crippen molar-refractivity contribution in [2.75, 3.05) is 11.9 Å². The minimum Gasteiger partial charge on any atom is -0.338 e. The van der Waals surface area contributed by atoms with Crippen molar-refractivity contribution in [1.82, 2.24) is 10.1 Å². The number of aromatic nitrogens is 2. The number of hydrogen-bond donors (Lipinski definition) is 1. The highest BCUT2D eigenvalue weighted by Gasteiger charge is 2.09. The summed E-state index contributed by atoms with van der Waals surface area (Å²) in [4.78, 5) is 4.14. The lowest BCUT2D eigenvalue weighted by Crippen LogP contribution is -1.99. The van der Waals surface area contributed by atoms with E-state index in [1.165, 1.54) is 12.1 Å². The summed E-state index contributed by atoms with van der Waals surface area (Å²) in [6.45, 7) is 4.63. The Labute approximate surface area is 98.8 Å². The van der Waals surface area contributed by atoms with Crippen molar-refractivity contribution in [3.8, 4) is 11.4 Å². The van der Waals surface area contributed by atoms with Crippen LogP contribution in [0.1, 0.15) is 18.9 Å². The van der Waals surface area contributed by atoms with Gasteiger partial charge in [0.2, 0.25) is 5.82 Å². The smallest absolute Gasteiger partial charge is 0.321 e. The van der Waals surface area contributed by atoms with Crippen LogP contribution in [0, 0.1) is 12.7 Å². The second-order valence-electron chi connectivity index (χ2n) is 3.87. The van der Waals surface area contributed by atoms with E-state index in [1.54, 1.807) is 0 Å². The molecule has 0 aliphatic carbocycles. The average molecular weight is 235 g/mol. The molecule has 0 aliphatic rings. The lowest BCUT2D eigenvalue weighted by Gasteiger charge is -1.97. The van der Waals surface area contributed by atoms with Gasteiger partial charge in [-0.15, -0.1) is 0 Å². The van der Waals surface area contributed by atoms with Crippen LogP contribution >= 0.6 is 0 Å². The molecule has 1 aromatic heterocycles. The lowest BCUT2D eigenvalue weighted by molar-refractivity contribution is 0.432.